The zero-order chi connectivity index (χ0) is 12.8. The first kappa shape index (κ1) is 11.2. The Hall–Kier alpha value is -1.62. The lowest BCUT2D eigenvalue weighted by molar-refractivity contribution is 0.0973. The summed E-state index contributed by atoms with van der Waals surface area (Å²) in [5, 5.41) is 8.17. The van der Waals surface area contributed by atoms with Crippen molar-refractivity contribution in [3.8, 4) is 0 Å². The van der Waals surface area contributed by atoms with Crippen LogP contribution in [0.25, 0.3) is 11.0 Å². The normalized spacial score (nSPS) is 29.8. The predicted octanol–water partition coefficient (Wildman–Crippen LogP) is 2.47. The molecule has 0 amide bonds. The molecule has 5 rings (SSSR count). The predicted molar refractivity (Wildman–Crippen MR) is 70.5 cm³/mol. The standard InChI is InChI=1S/C14H16FN3O/c15-11-3-1-2-10-13(11)19-17-14(10)16-12-8-18-6-4-9(12)5-7-18/h1-3,9,12H,4-8H2,(H,16,17)/t12-/m0/s1. The molecule has 4 heterocycles. The Bertz CT molecular complexity index is 604. The number of piperidine rings is 3. The molecule has 0 spiro atoms. The maximum atomic E-state index is 13.6. The molecule has 1 aromatic heterocycles. The van der Waals surface area contributed by atoms with E-state index in [1.807, 2.05) is 6.07 Å². The van der Waals surface area contributed by atoms with Gasteiger partial charge in [0, 0.05) is 12.6 Å². The van der Waals surface area contributed by atoms with E-state index in [1.54, 1.807) is 6.07 Å². The molecule has 0 saturated carbocycles. The van der Waals surface area contributed by atoms with Crippen LogP contribution in [0.2, 0.25) is 0 Å². The maximum Gasteiger partial charge on any atom is 0.204 e. The van der Waals surface area contributed by atoms with Crippen LogP contribution in [0.15, 0.2) is 22.7 Å². The number of anilines is 1. The molecule has 2 aromatic rings. The van der Waals surface area contributed by atoms with Crippen molar-refractivity contribution >= 4 is 16.8 Å². The molecule has 0 unspecified atom stereocenters. The summed E-state index contributed by atoms with van der Waals surface area (Å²) < 4.78 is 18.7. The molecular weight excluding hydrogens is 245 g/mol. The van der Waals surface area contributed by atoms with Gasteiger partial charge in [0.2, 0.25) is 5.58 Å². The van der Waals surface area contributed by atoms with Crippen molar-refractivity contribution in [2.75, 3.05) is 25.0 Å². The van der Waals surface area contributed by atoms with Gasteiger partial charge in [-0.05, 0) is 44.0 Å². The molecular formula is C14H16FN3O. The van der Waals surface area contributed by atoms with E-state index in [2.05, 4.69) is 15.4 Å². The summed E-state index contributed by atoms with van der Waals surface area (Å²) in [6.07, 6.45) is 2.48. The molecule has 3 aliphatic heterocycles. The van der Waals surface area contributed by atoms with Gasteiger partial charge in [0.05, 0.1) is 5.39 Å². The van der Waals surface area contributed by atoms with Gasteiger partial charge in [-0.15, -0.1) is 0 Å². The summed E-state index contributed by atoms with van der Waals surface area (Å²) in [6.45, 7) is 3.46. The number of aromatic nitrogens is 1. The number of nitrogens with zero attached hydrogens (tertiary/aromatic N) is 2. The Balaban J connectivity index is 1.63. The van der Waals surface area contributed by atoms with Crippen molar-refractivity contribution in [3.05, 3.63) is 24.0 Å². The Morgan fingerprint density at radius 3 is 2.89 bits per heavy atom. The number of benzene rings is 1. The highest BCUT2D eigenvalue weighted by Crippen LogP contribution is 2.32. The summed E-state index contributed by atoms with van der Waals surface area (Å²) in [4.78, 5) is 2.47. The highest BCUT2D eigenvalue weighted by molar-refractivity contribution is 5.88. The number of hydrogen-bond acceptors (Lipinski definition) is 4. The van der Waals surface area contributed by atoms with Gasteiger partial charge in [0.25, 0.3) is 0 Å². The van der Waals surface area contributed by atoms with Crippen LogP contribution in [-0.2, 0) is 0 Å². The molecule has 5 heteroatoms. The average Bonchev–Trinajstić information content (AvgIpc) is 2.85. The van der Waals surface area contributed by atoms with E-state index < -0.39 is 0 Å². The molecule has 100 valence electrons. The topological polar surface area (TPSA) is 41.3 Å². The molecule has 3 saturated heterocycles. The third kappa shape index (κ3) is 1.80. The fourth-order valence-electron chi connectivity index (χ4n) is 3.34. The van der Waals surface area contributed by atoms with Crippen LogP contribution < -0.4 is 5.32 Å². The fourth-order valence-corrected chi connectivity index (χ4v) is 3.34. The van der Waals surface area contributed by atoms with Crippen LogP contribution >= 0.6 is 0 Å². The lowest BCUT2D eigenvalue weighted by atomic mass is 9.84. The largest absolute Gasteiger partial charge is 0.362 e. The van der Waals surface area contributed by atoms with Gasteiger partial charge in [0.1, 0.15) is 0 Å². The van der Waals surface area contributed by atoms with Crippen molar-refractivity contribution in [1.29, 1.82) is 0 Å². The second-order valence-electron chi connectivity index (χ2n) is 5.54. The number of para-hydroxylation sites is 1. The van der Waals surface area contributed by atoms with Crippen LogP contribution in [0.5, 0.6) is 0 Å². The summed E-state index contributed by atoms with van der Waals surface area (Å²) in [6, 6.07) is 5.33. The molecule has 4 nitrogen and oxygen atoms in total. The first-order valence-corrected chi connectivity index (χ1v) is 6.84. The zero-order valence-electron chi connectivity index (χ0n) is 10.6. The molecule has 1 aromatic carbocycles. The minimum Gasteiger partial charge on any atom is -0.362 e. The van der Waals surface area contributed by atoms with Crippen LogP contribution in [-0.4, -0.2) is 35.7 Å². The first-order chi connectivity index (χ1) is 9.31. The second kappa shape index (κ2) is 4.20. The van der Waals surface area contributed by atoms with Crippen molar-refractivity contribution in [3.63, 3.8) is 0 Å². The first-order valence-electron chi connectivity index (χ1n) is 6.84. The Morgan fingerprint density at radius 2 is 2.16 bits per heavy atom. The molecule has 3 fully saturated rings. The third-order valence-corrected chi connectivity index (χ3v) is 4.43. The van der Waals surface area contributed by atoms with Crippen LogP contribution in [0, 0.1) is 11.7 Å². The Kier molecular flexibility index (Phi) is 2.48. The Labute approximate surface area is 110 Å². The van der Waals surface area contributed by atoms with Gasteiger partial charge in [0.15, 0.2) is 11.6 Å². The average molecular weight is 261 g/mol. The number of hydrogen-bond donors (Lipinski definition) is 1. The van der Waals surface area contributed by atoms with Gasteiger partial charge in [-0.2, -0.15) is 0 Å². The van der Waals surface area contributed by atoms with E-state index >= 15 is 0 Å². The molecule has 2 bridgehead atoms. The van der Waals surface area contributed by atoms with Gasteiger partial charge in [-0.25, -0.2) is 4.39 Å². The van der Waals surface area contributed by atoms with E-state index in [0.29, 0.717) is 17.8 Å². The molecule has 0 aliphatic carbocycles. The van der Waals surface area contributed by atoms with Gasteiger partial charge >= 0.3 is 0 Å². The minimum absolute atomic E-state index is 0.242. The highest BCUT2D eigenvalue weighted by atomic mass is 19.1. The molecule has 1 atom stereocenters. The monoisotopic (exact) mass is 261 g/mol. The number of nitrogens with one attached hydrogen (secondary N) is 1. The second-order valence-corrected chi connectivity index (χ2v) is 5.54. The van der Waals surface area contributed by atoms with Gasteiger partial charge in [-0.3, -0.25) is 0 Å². The fraction of sp³-hybridized carbons (Fsp3) is 0.500. The zero-order valence-corrected chi connectivity index (χ0v) is 10.6. The smallest absolute Gasteiger partial charge is 0.204 e. The lowest BCUT2D eigenvalue weighted by Crippen LogP contribution is -2.53. The number of rotatable bonds is 2. The van der Waals surface area contributed by atoms with Crippen LogP contribution in [0.3, 0.4) is 0 Å². The highest BCUT2D eigenvalue weighted by Gasteiger charge is 2.34. The van der Waals surface area contributed by atoms with Crippen LogP contribution in [0.4, 0.5) is 10.2 Å². The van der Waals surface area contributed by atoms with Crippen LogP contribution in [0.1, 0.15) is 12.8 Å². The van der Waals surface area contributed by atoms with Crippen molar-refractivity contribution in [2.24, 2.45) is 5.92 Å². The van der Waals surface area contributed by atoms with E-state index in [1.165, 1.54) is 32.0 Å². The van der Waals surface area contributed by atoms with E-state index in [4.69, 9.17) is 4.52 Å². The molecule has 1 N–H and O–H groups in total. The van der Waals surface area contributed by atoms with E-state index in [-0.39, 0.29) is 11.4 Å². The van der Waals surface area contributed by atoms with Gasteiger partial charge in [-0.1, -0.05) is 11.2 Å². The van der Waals surface area contributed by atoms with Crippen molar-refractivity contribution in [2.45, 2.75) is 18.9 Å². The molecule has 19 heavy (non-hydrogen) atoms. The number of fused-ring (bicyclic) bond motifs is 4. The van der Waals surface area contributed by atoms with E-state index in [9.17, 15) is 4.39 Å². The number of halogens is 1. The summed E-state index contributed by atoms with van der Waals surface area (Å²) >= 11 is 0. The minimum atomic E-state index is -0.355. The van der Waals surface area contributed by atoms with Crippen molar-refractivity contribution < 1.29 is 8.91 Å². The van der Waals surface area contributed by atoms with Gasteiger partial charge < -0.3 is 14.7 Å². The SMILES string of the molecule is Fc1cccc2c(N[C@H]3CN4CCC3CC4)noc12. The molecule has 3 aliphatic rings. The maximum absolute atomic E-state index is 13.6. The van der Waals surface area contributed by atoms with Crippen molar-refractivity contribution in [1.82, 2.24) is 10.1 Å². The molecule has 0 radical (unpaired) electrons. The summed E-state index contributed by atoms with van der Waals surface area (Å²) in [7, 11) is 0. The Morgan fingerprint density at radius 1 is 1.32 bits per heavy atom. The van der Waals surface area contributed by atoms with E-state index in [0.717, 1.165) is 11.9 Å². The summed E-state index contributed by atoms with van der Waals surface area (Å²) in [5.74, 6) is 1.02. The quantitative estimate of drug-likeness (QED) is 0.901. The summed E-state index contributed by atoms with van der Waals surface area (Å²) in [5.41, 5.74) is 0.242. The third-order valence-electron chi connectivity index (χ3n) is 4.43. The lowest BCUT2D eigenvalue weighted by Gasteiger charge is -2.44.